The second kappa shape index (κ2) is 7.91. The highest BCUT2D eigenvalue weighted by atomic mass is 16.5. The second-order valence-corrected chi connectivity index (χ2v) is 7.97. The Morgan fingerprint density at radius 3 is 2.81 bits per heavy atom. The fraction of sp³-hybridized carbons (Fsp3) is 0.571. The van der Waals surface area contributed by atoms with Crippen LogP contribution in [0.5, 0.6) is 0 Å². The number of ether oxygens (including phenoxy) is 1. The van der Waals surface area contributed by atoms with Crippen molar-refractivity contribution in [1.82, 2.24) is 20.0 Å². The Bertz CT molecular complexity index is 701. The molecule has 140 valence electrons. The summed E-state index contributed by atoms with van der Waals surface area (Å²) in [6, 6.07) is 10.5. The molecule has 26 heavy (non-hydrogen) atoms. The van der Waals surface area contributed by atoms with Crippen LogP contribution in [-0.4, -0.2) is 66.4 Å². The Labute approximate surface area is 156 Å². The van der Waals surface area contributed by atoms with E-state index in [1.165, 1.54) is 56.6 Å². The Balaban J connectivity index is 1.40. The average Bonchev–Trinajstić information content (AvgIpc) is 3.28. The normalized spacial score (nSPS) is 24.5. The van der Waals surface area contributed by atoms with E-state index in [1.807, 2.05) is 6.20 Å². The van der Waals surface area contributed by atoms with Crippen LogP contribution in [0.2, 0.25) is 0 Å². The minimum absolute atomic E-state index is 0.475. The summed E-state index contributed by atoms with van der Waals surface area (Å²) in [6.07, 6.45) is 6.00. The summed E-state index contributed by atoms with van der Waals surface area (Å²) in [4.78, 5) is 5.22. The lowest BCUT2D eigenvalue weighted by molar-refractivity contribution is 0.0674. The molecule has 1 N–H and O–H groups in total. The minimum Gasteiger partial charge on any atom is -0.383 e. The third-order valence-electron chi connectivity index (χ3n) is 6.04. The lowest BCUT2D eigenvalue weighted by Crippen LogP contribution is -2.45. The lowest BCUT2D eigenvalue weighted by Gasteiger charge is -2.40. The van der Waals surface area contributed by atoms with E-state index >= 15 is 0 Å². The molecule has 0 aliphatic carbocycles. The number of methoxy groups -OCH3 is 1. The molecular weight excluding hydrogens is 324 g/mol. The number of nitrogens with one attached hydrogen (secondary N) is 1. The van der Waals surface area contributed by atoms with Crippen LogP contribution in [-0.2, 0) is 11.3 Å². The molecule has 1 aromatic heterocycles. The molecule has 4 rings (SSSR count). The van der Waals surface area contributed by atoms with Gasteiger partial charge in [0.05, 0.1) is 18.5 Å². The largest absolute Gasteiger partial charge is 0.383 e. The number of benzene rings is 1. The van der Waals surface area contributed by atoms with E-state index in [0.29, 0.717) is 5.41 Å². The van der Waals surface area contributed by atoms with Gasteiger partial charge in [-0.25, -0.2) is 0 Å². The molecular formula is C21H30N4O. The first kappa shape index (κ1) is 17.7. The van der Waals surface area contributed by atoms with Crippen molar-refractivity contribution in [2.24, 2.45) is 5.41 Å². The van der Waals surface area contributed by atoms with Gasteiger partial charge in [-0.2, -0.15) is 5.10 Å². The molecule has 2 fully saturated rings. The molecule has 1 spiro atoms. The van der Waals surface area contributed by atoms with Crippen molar-refractivity contribution in [2.45, 2.75) is 25.8 Å². The Morgan fingerprint density at radius 1 is 1.12 bits per heavy atom. The van der Waals surface area contributed by atoms with Gasteiger partial charge in [-0.1, -0.05) is 30.3 Å². The van der Waals surface area contributed by atoms with E-state index < -0.39 is 0 Å². The van der Waals surface area contributed by atoms with Gasteiger partial charge >= 0.3 is 0 Å². The van der Waals surface area contributed by atoms with Crippen LogP contribution in [0.3, 0.4) is 0 Å². The van der Waals surface area contributed by atoms with Gasteiger partial charge in [0, 0.05) is 38.9 Å². The lowest BCUT2D eigenvalue weighted by atomic mass is 9.79. The summed E-state index contributed by atoms with van der Waals surface area (Å²) >= 11 is 0. The summed E-state index contributed by atoms with van der Waals surface area (Å²) in [6.45, 7) is 7.75. The number of likely N-dealkylation sites (tertiary alicyclic amines) is 2. The van der Waals surface area contributed by atoms with Gasteiger partial charge in [-0.15, -0.1) is 0 Å². The fourth-order valence-corrected chi connectivity index (χ4v) is 4.74. The van der Waals surface area contributed by atoms with E-state index in [9.17, 15) is 0 Å². The SMILES string of the molecule is COCCN1CCCC2(CCN(Cc3cn[nH]c3-c3ccccc3)C2)C1. The zero-order chi connectivity index (χ0) is 17.8. The smallest absolute Gasteiger partial charge is 0.0695 e. The van der Waals surface area contributed by atoms with Crippen molar-refractivity contribution in [2.75, 3.05) is 46.4 Å². The molecule has 0 radical (unpaired) electrons. The second-order valence-electron chi connectivity index (χ2n) is 7.97. The summed E-state index contributed by atoms with van der Waals surface area (Å²) < 4.78 is 5.28. The summed E-state index contributed by atoms with van der Waals surface area (Å²) in [5, 5.41) is 7.52. The number of aromatic amines is 1. The molecule has 5 nitrogen and oxygen atoms in total. The first-order chi connectivity index (χ1) is 12.8. The van der Waals surface area contributed by atoms with Crippen LogP contribution < -0.4 is 0 Å². The average molecular weight is 354 g/mol. The molecule has 0 saturated carbocycles. The van der Waals surface area contributed by atoms with Crippen molar-refractivity contribution in [3.05, 3.63) is 42.1 Å². The number of H-pyrrole nitrogens is 1. The zero-order valence-corrected chi connectivity index (χ0v) is 15.8. The molecule has 5 heteroatoms. The Kier molecular flexibility index (Phi) is 5.38. The van der Waals surface area contributed by atoms with E-state index in [1.54, 1.807) is 7.11 Å². The molecule has 3 heterocycles. The van der Waals surface area contributed by atoms with E-state index in [4.69, 9.17) is 4.74 Å². The van der Waals surface area contributed by atoms with Crippen LogP contribution in [0, 0.1) is 5.41 Å². The number of piperidine rings is 1. The maximum atomic E-state index is 5.28. The summed E-state index contributed by atoms with van der Waals surface area (Å²) in [7, 11) is 1.80. The van der Waals surface area contributed by atoms with E-state index in [2.05, 4.69) is 50.3 Å². The number of hydrogen-bond acceptors (Lipinski definition) is 4. The third kappa shape index (κ3) is 3.85. The molecule has 0 amide bonds. The quantitative estimate of drug-likeness (QED) is 0.866. The summed E-state index contributed by atoms with van der Waals surface area (Å²) in [5.74, 6) is 0. The molecule has 2 saturated heterocycles. The highest BCUT2D eigenvalue weighted by Crippen LogP contribution is 2.39. The topological polar surface area (TPSA) is 44.4 Å². The fourth-order valence-electron chi connectivity index (χ4n) is 4.74. The first-order valence-corrected chi connectivity index (χ1v) is 9.79. The van der Waals surface area contributed by atoms with Crippen LogP contribution in [0.1, 0.15) is 24.8 Å². The maximum Gasteiger partial charge on any atom is 0.0695 e. The van der Waals surface area contributed by atoms with Crippen molar-refractivity contribution >= 4 is 0 Å². The predicted octanol–water partition coefficient (Wildman–Crippen LogP) is 3.01. The van der Waals surface area contributed by atoms with Crippen molar-refractivity contribution in [3.8, 4) is 11.3 Å². The van der Waals surface area contributed by atoms with Gasteiger partial charge in [0.25, 0.3) is 0 Å². The monoisotopic (exact) mass is 354 g/mol. The third-order valence-corrected chi connectivity index (χ3v) is 6.04. The van der Waals surface area contributed by atoms with Gasteiger partial charge < -0.3 is 9.64 Å². The van der Waals surface area contributed by atoms with Crippen LogP contribution in [0.15, 0.2) is 36.5 Å². The van der Waals surface area contributed by atoms with Crippen molar-refractivity contribution < 1.29 is 4.74 Å². The predicted molar refractivity (Wildman–Crippen MR) is 104 cm³/mol. The number of aromatic nitrogens is 2. The highest BCUT2D eigenvalue weighted by molar-refractivity contribution is 5.62. The molecule has 1 atom stereocenters. The molecule has 1 unspecified atom stereocenters. The van der Waals surface area contributed by atoms with Gasteiger partial charge in [-0.05, 0) is 43.3 Å². The molecule has 2 aliphatic heterocycles. The Hall–Kier alpha value is -1.69. The standard InChI is InChI=1S/C21H30N4O/c1-26-13-12-24-10-5-8-21(16-24)9-11-25(17-21)15-19-14-22-23-20(19)18-6-3-2-4-7-18/h2-4,6-7,14H,5,8-13,15-17H2,1H3,(H,22,23). The first-order valence-electron chi connectivity index (χ1n) is 9.79. The van der Waals surface area contributed by atoms with Gasteiger partial charge in [-0.3, -0.25) is 10.00 Å². The Morgan fingerprint density at radius 2 is 1.96 bits per heavy atom. The minimum atomic E-state index is 0.475. The van der Waals surface area contributed by atoms with Crippen LogP contribution in [0.4, 0.5) is 0 Å². The van der Waals surface area contributed by atoms with Crippen LogP contribution >= 0.6 is 0 Å². The molecule has 1 aromatic carbocycles. The number of nitrogens with zero attached hydrogens (tertiary/aromatic N) is 3. The van der Waals surface area contributed by atoms with Gasteiger partial charge in [0.1, 0.15) is 0 Å². The van der Waals surface area contributed by atoms with Crippen molar-refractivity contribution in [1.29, 1.82) is 0 Å². The molecule has 2 aromatic rings. The van der Waals surface area contributed by atoms with Gasteiger partial charge in [0.2, 0.25) is 0 Å². The molecule has 0 bridgehead atoms. The summed E-state index contributed by atoms with van der Waals surface area (Å²) in [5.41, 5.74) is 4.16. The van der Waals surface area contributed by atoms with E-state index in [-0.39, 0.29) is 0 Å². The number of hydrogen-bond donors (Lipinski definition) is 1. The van der Waals surface area contributed by atoms with Gasteiger partial charge in [0.15, 0.2) is 0 Å². The zero-order valence-electron chi connectivity index (χ0n) is 15.8. The number of rotatable bonds is 6. The maximum absolute atomic E-state index is 5.28. The van der Waals surface area contributed by atoms with E-state index in [0.717, 1.165) is 25.4 Å². The molecule has 2 aliphatic rings. The van der Waals surface area contributed by atoms with Crippen LogP contribution in [0.25, 0.3) is 11.3 Å². The van der Waals surface area contributed by atoms with Crippen molar-refractivity contribution in [3.63, 3.8) is 0 Å². The highest BCUT2D eigenvalue weighted by Gasteiger charge is 2.41.